The Morgan fingerprint density at radius 3 is 2.63 bits per heavy atom. The third kappa shape index (κ3) is 7.67. The van der Waals surface area contributed by atoms with Gasteiger partial charge in [-0.25, -0.2) is 9.97 Å². The Morgan fingerprint density at radius 2 is 1.89 bits per heavy atom. The van der Waals surface area contributed by atoms with E-state index in [1.54, 1.807) is 6.20 Å². The third-order valence-corrected chi connectivity index (χ3v) is 7.17. The van der Waals surface area contributed by atoms with Crippen LogP contribution in [0.4, 0.5) is 5.82 Å². The molecule has 3 aromatic rings. The summed E-state index contributed by atoms with van der Waals surface area (Å²) in [4.78, 5) is 21.7. The normalized spacial score (nSPS) is 17.8. The van der Waals surface area contributed by atoms with Crippen LogP contribution >= 0.6 is 23.2 Å². The summed E-state index contributed by atoms with van der Waals surface area (Å²) < 4.78 is 5.56. The number of nitrogens with zero attached hydrogens (tertiary/aromatic N) is 2. The van der Waals surface area contributed by atoms with Gasteiger partial charge in [0.1, 0.15) is 17.5 Å². The number of piperidine rings is 1. The summed E-state index contributed by atoms with van der Waals surface area (Å²) in [7, 11) is 0. The minimum atomic E-state index is -0.494. The second-order valence-electron chi connectivity index (χ2n) is 10.6. The summed E-state index contributed by atoms with van der Waals surface area (Å²) in [6.07, 6.45) is 4.53. The van der Waals surface area contributed by atoms with Gasteiger partial charge in [0.15, 0.2) is 0 Å². The maximum atomic E-state index is 12.5. The van der Waals surface area contributed by atoms with E-state index in [0.717, 1.165) is 35.3 Å². The van der Waals surface area contributed by atoms with Crippen molar-refractivity contribution in [3.8, 4) is 11.3 Å². The number of benzene rings is 2. The molecule has 202 valence electrons. The van der Waals surface area contributed by atoms with E-state index in [-0.39, 0.29) is 18.1 Å². The van der Waals surface area contributed by atoms with Crippen molar-refractivity contribution in [3.63, 3.8) is 0 Å². The molecule has 7 nitrogen and oxygen atoms in total. The topological polar surface area (TPSA) is 102 Å². The van der Waals surface area contributed by atoms with Crippen LogP contribution in [0.3, 0.4) is 0 Å². The number of anilines is 1. The standard InChI is InChI=1S/C29H35Cl2N5O2/c1-29(2,3)38-28(37)25-15-20(12-13-33-25)34-16-18-6-4-7-19(14-18)26-17-35-27(32)24(36-26)11-10-21-22(30)8-5-9-23(21)31/h4-9,14,17,20,25,33-34H,10-13,15-16H2,1-3H3,(H2,32,35)/t20?,25-/m1/s1. The second-order valence-corrected chi connectivity index (χ2v) is 11.4. The van der Waals surface area contributed by atoms with Crippen molar-refractivity contribution in [1.82, 2.24) is 20.6 Å². The fraction of sp³-hybridized carbons (Fsp3) is 0.414. The quantitative estimate of drug-likeness (QED) is 0.321. The number of halogens is 2. The first-order valence-electron chi connectivity index (χ1n) is 12.9. The molecule has 0 bridgehead atoms. The number of nitrogens with one attached hydrogen (secondary N) is 2. The molecule has 1 unspecified atom stereocenters. The van der Waals surface area contributed by atoms with E-state index in [0.29, 0.717) is 47.4 Å². The average molecular weight is 557 g/mol. The van der Waals surface area contributed by atoms with Gasteiger partial charge in [-0.15, -0.1) is 0 Å². The molecule has 2 heterocycles. The van der Waals surface area contributed by atoms with E-state index in [1.165, 1.54) is 0 Å². The number of hydrogen-bond acceptors (Lipinski definition) is 7. The van der Waals surface area contributed by atoms with Crippen LogP contribution in [-0.4, -0.2) is 40.2 Å². The van der Waals surface area contributed by atoms with Crippen LogP contribution in [0.15, 0.2) is 48.7 Å². The number of aromatic nitrogens is 2. The molecule has 0 radical (unpaired) electrons. The zero-order valence-corrected chi connectivity index (χ0v) is 23.6. The molecule has 9 heteroatoms. The van der Waals surface area contributed by atoms with E-state index in [4.69, 9.17) is 38.7 Å². The van der Waals surface area contributed by atoms with Crippen molar-refractivity contribution in [3.05, 3.63) is 75.5 Å². The lowest BCUT2D eigenvalue weighted by molar-refractivity contribution is -0.158. The van der Waals surface area contributed by atoms with E-state index in [1.807, 2.05) is 51.1 Å². The van der Waals surface area contributed by atoms with Gasteiger partial charge in [0.25, 0.3) is 0 Å². The van der Waals surface area contributed by atoms with Gasteiger partial charge in [0.2, 0.25) is 0 Å². The first kappa shape index (κ1) is 28.3. The lowest BCUT2D eigenvalue weighted by Gasteiger charge is -2.31. The molecule has 1 aromatic heterocycles. The number of nitrogens with two attached hydrogens (primary N) is 1. The number of aryl methyl sites for hydroxylation is 1. The zero-order chi connectivity index (χ0) is 27.3. The van der Waals surface area contributed by atoms with Crippen LogP contribution in [0.5, 0.6) is 0 Å². The fourth-order valence-electron chi connectivity index (χ4n) is 4.53. The van der Waals surface area contributed by atoms with Crippen LogP contribution < -0.4 is 16.4 Å². The third-order valence-electron chi connectivity index (χ3n) is 6.46. The zero-order valence-electron chi connectivity index (χ0n) is 22.1. The first-order valence-corrected chi connectivity index (χ1v) is 13.7. The molecular formula is C29H35Cl2N5O2. The molecule has 0 saturated carbocycles. The van der Waals surface area contributed by atoms with E-state index < -0.39 is 5.60 Å². The fourth-order valence-corrected chi connectivity index (χ4v) is 5.12. The average Bonchev–Trinajstić information content (AvgIpc) is 2.87. The van der Waals surface area contributed by atoms with Crippen molar-refractivity contribution in [1.29, 1.82) is 0 Å². The number of ether oxygens (including phenoxy) is 1. The lowest BCUT2D eigenvalue weighted by atomic mass is 9.98. The predicted octanol–water partition coefficient (Wildman–Crippen LogP) is 5.37. The second kappa shape index (κ2) is 12.4. The monoisotopic (exact) mass is 555 g/mol. The minimum absolute atomic E-state index is 0.194. The summed E-state index contributed by atoms with van der Waals surface area (Å²) in [5, 5.41) is 8.15. The summed E-state index contributed by atoms with van der Waals surface area (Å²) in [5.41, 5.74) is 10.1. The molecule has 1 aliphatic heterocycles. The van der Waals surface area contributed by atoms with E-state index >= 15 is 0 Å². The van der Waals surface area contributed by atoms with Gasteiger partial charge in [-0.3, -0.25) is 4.79 Å². The summed E-state index contributed by atoms with van der Waals surface area (Å²) in [5.74, 6) is 0.209. The SMILES string of the molecule is CC(C)(C)OC(=O)[C@H]1CC(NCc2cccc(-c3cnc(N)c(CCc4c(Cl)cccc4Cl)n3)c2)CCN1. The molecule has 1 saturated heterocycles. The highest BCUT2D eigenvalue weighted by molar-refractivity contribution is 6.36. The summed E-state index contributed by atoms with van der Waals surface area (Å²) in [6.45, 7) is 7.11. The van der Waals surface area contributed by atoms with Crippen molar-refractivity contribution in [2.75, 3.05) is 12.3 Å². The number of carbonyl (C=O) groups excluding carboxylic acids is 1. The minimum Gasteiger partial charge on any atom is -0.459 e. The highest BCUT2D eigenvalue weighted by Gasteiger charge is 2.30. The van der Waals surface area contributed by atoms with Gasteiger partial charge >= 0.3 is 5.97 Å². The summed E-state index contributed by atoms with van der Waals surface area (Å²) in [6, 6.07) is 13.6. The Hall–Kier alpha value is -2.71. The molecule has 1 aliphatic rings. The van der Waals surface area contributed by atoms with E-state index in [9.17, 15) is 4.79 Å². The molecular weight excluding hydrogens is 521 g/mol. The maximum absolute atomic E-state index is 12.5. The smallest absolute Gasteiger partial charge is 0.323 e. The molecule has 2 aromatic carbocycles. The number of esters is 1. The Kier molecular flexibility index (Phi) is 9.26. The number of hydrogen-bond donors (Lipinski definition) is 3. The van der Waals surface area contributed by atoms with Crippen LogP contribution in [-0.2, 0) is 28.9 Å². The van der Waals surface area contributed by atoms with Crippen LogP contribution in [0.2, 0.25) is 10.0 Å². The van der Waals surface area contributed by atoms with E-state index in [2.05, 4.69) is 27.8 Å². The lowest BCUT2D eigenvalue weighted by Crippen LogP contribution is -2.51. The Bertz CT molecular complexity index is 1260. The van der Waals surface area contributed by atoms with Crippen molar-refractivity contribution in [2.45, 2.75) is 70.7 Å². The van der Waals surface area contributed by atoms with Gasteiger partial charge in [0, 0.05) is 28.2 Å². The molecule has 1 fully saturated rings. The Morgan fingerprint density at radius 1 is 1.16 bits per heavy atom. The highest BCUT2D eigenvalue weighted by Crippen LogP contribution is 2.27. The molecule has 4 rings (SSSR count). The maximum Gasteiger partial charge on any atom is 0.323 e. The van der Waals surface area contributed by atoms with Crippen LogP contribution in [0.25, 0.3) is 11.3 Å². The first-order chi connectivity index (χ1) is 18.1. The van der Waals surface area contributed by atoms with Crippen molar-refractivity contribution in [2.24, 2.45) is 0 Å². The van der Waals surface area contributed by atoms with Gasteiger partial charge in [0.05, 0.1) is 17.6 Å². The molecule has 2 atom stereocenters. The molecule has 0 amide bonds. The van der Waals surface area contributed by atoms with Gasteiger partial charge in [-0.1, -0.05) is 47.5 Å². The Labute approximate surface area is 234 Å². The predicted molar refractivity (Wildman–Crippen MR) is 153 cm³/mol. The summed E-state index contributed by atoms with van der Waals surface area (Å²) >= 11 is 12.7. The van der Waals surface area contributed by atoms with Crippen LogP contribution in [0.1, 0.15) is 50.4 Å². The highest BCUT2D eigenvalue weighted by atomic mass is 35.5. The molecule has 38 heavy (non-hydrogen) atoms. The van der Waals surface area contributed by atoms with Crippen LogP contribution in [0, 0.1) is 0 Å². The Balaban J connectivity index is 1.39. The molecule has 4 N–H and O–H groups in total. The molecule has 0 spiro atoms. The van der Waals surface area contributed by atoms with Gasteiger partial charge in [-0.05, 0) is 82.3 Å². The van der Waals surface area contributed by atoms with Gasteiger partial charge in [-0.2, -0.15) is 0 Å². The van der Waals surface area contributed by atoms with Crippen molar-refractivity contribution >= 4 is 35.0 Å². The largest absolute Gasteiger partial charge is 0.459 e. The number of carbonyl (C=O) groups is 1. The van der Waals surface area contributed by atoms with Gasteiger partial charge < -0.3 is 21.1 Å². The number of rotatable bonds is 8. The van der Waals surface area contributed by atoms with Crippen molar-refractivity contribution < 1.29 is 9.53 Å². The molecule has 0 aliphatic carbocycles. The number of nitrogen functional groups attached to an aromatic ring is 1.